The fourth-order valence-corrected chi connectivity index (χ4v) is 2.82. The van der Waals surface area contributed by atoms with Crippen LogP contribution in [0.4, 0.5) is 11.4 Å². The summed E-state index contributed by atoms with van der Waals surface area (Å²) >= 11 is 0. The molecule has 130 valence electrons. The van der Waals surface area contributed by atoms with Crippen molar-refractivity contribution < 1.29 is 9.59 Å². The smallest absolute Gasteiger partial charge is 0.228 e. The first-order valence-electron chi connectivity index (χ1n) is 8.62. The van der Waals surface area contributed by atoms with Gasteiger partial charge >= 0.3 is 0 Å². The number of para-hydroxylation sites is 1. The molecule has 0 heterocycles. The number of benzene rings is 2. The van der Waals surface area contributed by atoms with E-state index >= 15 is 0 Å². The summed E-state index contributed by atoms with van der Waals surface area (Å²) in [6, 6.07) is 17.2. The number of carbonyl (C=O) groups is 2. The Morgan fingerprint density at radius 3 is 1.76 bits per heavy atom. The molecule has 1 saturated carbocycles. The van der Waals surface area contributed by atoms with Crippen LogP contribution in [0.1, 0.15) is 32.8 Å². The second kappa shape index (κ2) is 6.71. The molecule has 2 aromatic rings. The first-order chi connectivity index (χ1) is 11.8. The average Bonchev–Trinajstić information content (AvgIpc) is 3.36. The Bertz CT molecular complexity index is 761. The number of nitrogens with one attached hydrogen (secondary N) is 2. The molecule has 2 N–H and O–H groups in total. The summed E-state index contributed by atoms with van der Waals surface area (Å²) in [6.45, 7) is 6.46. The fraction of sp³-hybridized carbons (Fsp3) is 0.333. The molecule has 0 saturated heterocycles. The van der Waals surface area contributed by atoms with Crippen LogP contribution >= 0.6 is 0 Å². The number of amides is 2. The highest BCUT2D eigenvalue weighted by Gasteiger charge is 2.48. The Morgan fingerprint density at radius 2 is 1.28 bits per heavy atom. The highest BCUT2D eigenvalue weighted by molar-refractivity contribution is 6.03. The third-order valence-corrected chi connectivity index (χ3v) is 4.52. The molecule has 0 spiro atoms. The van der Waals surface area contributed by atoms with Gasteiger partial charge in [-0.2, -0.15) is 0 Å². The van der Waals surface area contributed by atoms with Crippen molar-refractivity contribution >= 4 is 23.2 Å². The summed E-state index contributed by atoms with van der Waals surface area (Å²) in [5, 5.41) is 5.77. The van der Waals surface area contributed by atoms with Gasteiger partial charge < -0.3 is 10.6 Å². The Morgan fingerprint density at radius 1 is 0.800 bits per heavy atom. The van der Waals surface area contributed by atoms with Gasteiger partial charge in [0.25, 0.3) is 0 Å². The number of hydrogen-bond acceptors (Lipinski definition) is 2. The highest BCUT2D eigenvalue weighted by atomic mass is 16.2. The number of rotatable bonds is 4. The quantitative estimate of drug-likeness (QED) is 0.879. The van der Waals surface area contributed by atoms with Gasteiger partial charge in [-0.3, -0.25) is 9.59 Å². The minimum atomic E-state index is -0.244. The van der Waals surface area contributed by atoms with Gasteiger partial charge in [-0.1, -0.05) is 51.1 Å². The second-order valence-corrected chi connectivity index (χ2v) is 7.62. The van der Waals surface area contributed by atoms with Gasteiger partial charge in [0.1, 0.15) is 0 Å². The van der Waals surface area contributed by atoms with E-state index in [4.69, 9.17) is 0 Å². The molecular formula is C21H24N2O2. The molecule has 2 amide bonds. The molecule has 1 aliphatic rings. The van der Waals surface area contributed by atoms with Crippen molar-refractivity contribution in [2.24, 2.45) is 11.8 Å². The van der Waals surface area contributed by atoms with Gasteiger partial charge in [0.05, 0.1) is 11.8 Å². The van der Waals surface area contributed by atoms with E-state index in [0.29, 0.717) is 6.42 Å². The lowest BCUT2D eigenvalue weighted by molar-refractivity contribution is -0.122. The van der Waals surface area contributed by atoms with Crippen molar-refractivity contribution in [2.45, 2.75) is 32.6 Å². The topological polar surface area (TPSA) is 58.2 Å². The zero-order valence-corrected chi connectivity index (χ0v) is 14.9. The summed E-state index contributed by atoms with van der Waals surface area (Å²) in [6.07, 6.45) is 0.602. The van der Waals surface area contributed by atoms with E-state index in [0.717, 1.165) is 11.4 Å². The maximum atomic E-state index is 12.3. The van der Waals surface area contributed by atoms with Crippen LogP contribution in [-0.2, 0) is 15.0 Å². The molecule has 1 aliphatic carbocycles. The number of hydrogen-bond donors (Lipinski definition) is 2. The summed E-state index contributed by atoms with van der Waals surface area (Å²) in [7, 11) is 0. The summed E-state index contributed by atoms with van der Waals surface area (Å²) in [5.74, 6) is -0.661. The molecule has 0 aromatic heterocycles. The van der Waals surface area contributed by atoms with E-state index in [-0.39, 0.29) is 29.1 Å². The zero-order chi connectivity index (χ0) is 18.0. The van der Waals surface area contributed by atoms with Crippen LogP contribution in [-0.4, -0.2) is 11.8 Å². The van der Waals surface area contributed by atoms with Gasteiger partial charge in [0, 0.05) is 11.4 Å². The molecule has 0 bridgehead atoms. The van der Waals surface area contributed by atoms with Crippen molar-refractivity contribution in [2.75, 3.05) is 10.6 Å². The van der Waals surface area contributed by atoms with Crippen LogP contribution in [0.3, 0.4) is 0 Å². The predicted octanol–water partition coefficient (Wildman–Crippen LogP) is 4.20. The first-order valence-corrected chi connectivity index (χ1v) is 8.62. The Balaban J connectivity index is 1.54. The zero-order valence-electron chi connectivity index (χ0n) is 14.9. The van der Waals surface area contributed by atoms with Crippen molar-refractivity contribution in [1.29, 1.82) is 0 Å². The molecule has 1 fully saturated rings. The van der Waals surface area contributed by atoms with Gasteiger partial charge in [-0.15, -0.1) is 0 Å². The molecule has 25 heavy (non-hydrogen) atoms. The SMILES string of the molecule is CC(C)(C)c1ccc(NC(=O)C2CC2C(=O)Nc2ccccc2)cc1. The van der Waals surface area contributed by atoms with Gasteiger partial charge in [-0.05, 0) is 41.7 Å². The first kappa shape index (κ1) is 17.2. The van der Waals surface area contributed by atoms with E-state index in [1.54, 1.807) is 0 Å². The lowest BCUT2D eigenvalue weighted by Crippen LogP contribution is -2.20. The normalized spacial score (nSPS) is 19.2. The Labute approximate surface area is 148 Å². The lowest BCUT2D eigenvalue weighted by Gasteiger charge is -2.19. The monoisotopic (exact) mass is 336 g/mol. The molecule has 0 radical (unpaired) electrons. The summed E-state index contributed by atoms with van der Waals surface area (Å²) < 4.78 is 0. The van der Waals surface area contributed by atoms with Crippen molar-refractivity contribution in [1.82, 2.24) is 0 Å². The largest absolute Gasteiger partial charge is 0.326 e. The average molecular weight is 336 g/mol. The van der Waals surface area contributed by atoms with Gasteiger partial charge in [0.2, 0.25) is 11.8 Å². The molecule has 4 heteroatoms. The minimum absolute atomic E-state index is 0.0830. The van der Waals surface area contributed by atoms with E-state index in [1.165, 1.54) is 5.56 Å². The van der Waals surface area contributed by atoms with Gasteiger partial charge in [-0.25, -0.2) is 0 Å². The van der Waals surface area contributed by atoms with Crippen LogP contribution in [0.2, 0.25) is 0 Å². The lowest BCUT2D eigenvalue weighted by atomic mass is 9.87. The second-order valence-electron chi connectivity index (χ2n) is 7.62. The number of carbonyl (C=O) groups excluding carboxylic acids is 2. The Kier molecular flexibility index (Phi) is 4.62. The number of anilines is 2. The van der Waals surface area contributed by atoms with Gasteiger partial charge in [0.15, 0.2) is 0 Å². The summed E-state index contributed by atoms with van der Waals surface area (Å²) in [5.41, 5.74) is 2.83. The molecule has 2 atom stereocenters. The molecule has 2 aromatic carbocycles. The summed E-state index contributed by atoms with van der Waals surface area (Å²) in [4.78, 5) is 24.5. The van der Waals surface area contributed by atoms with E-state index < -0.39 is 0 Å². The van der Waals surface area contributed by atoms with Crippen molar-refractivity contribution in [3.8, 4) is 0 Å². The van der Waals surface area contributed by atoms with Crippen LogP contribution < -0.4 is 10.6 Å². The van der Waals surface area contributed by atoms with Crippen LogP contribution in [0.25, 0.3) is 0 Å². The standard InChI is InChI=1S/C21H24N2O2/c1-21(2,3)14-9-11-16(12-10-14)23-20(25)18-13-17(18)19(24)22-15-7-5-4-6-8-15/h4-12,17-18H,13H2,1-3H3,(H,22,24)(H,23,25). The maximum Gasteiger partial charge on any atom is 0.228 e. The van der Waals surface area contributed by atoms with Crippen molar-refractivity contribution in [3.63, 3.8) is 0 Å². The maximum absolute atomic E-state index is 12.3. The molecule has 4 nitrogen and oxygen atoms in total. The minimum Gasteiger partial charge on any atom is -0.326 e. The van der Waals surface area contributed by atoms with Crippen LogP contribution in [0, 0.1) is 11.8 Å². The Hall–Kier alpha value is -2.62. The van der Waals surface area contributed by atoms with E-state index in [2.05, 4.69) is 31.4 Å². The van der Waals surface area contributed by atoms with Crippen LogP contribution in [0.5, 0.6) is 0 Å². The molecule has 2 unspecified atom stereocenters. The van der Waals surface area contributed by atoms with Crippen molar-refractivity contribution in [3.05, 3.63) is 60.2 Å². The molecule has 3 rings (SSSR count). The molecular weight excluding hydrogens is 312 g/mol. The third-order valence-electron chi connectivity index (χ3n) is 4.52. The predicted molar refractivity (Wildman–Crippen MR) is 100 cm³/mol. The van der Waals surface area contributed by atoms with Crippen LogP contribution in [0.15, 0.2) is 54.6 Å². The van der Waals surface area contributed by atoms with E-state index in [9.17, 15) is 9.59 Å². The highest BCUT2D eigenvalue weighted by Crippen LogP contribution is 2.40. The molecule has 0 aliphatic heterocycles. The van der Waals surface area contributed by atoms with E-state index in [1.807, 2.05) is 54.6 Å². The third kappa shape index (κ3) is 4.27. The fourth-order valence-electron chi connectivity index (χ4n) is 2.82.